The van der Waals surface area contributed by atoms with Crippen molar-refractivity contribution in [2.45, 2.75) is 25.8 Å². The van der Waals surface area contributed by atoms with Gasteiger partial charge in [-0.25, -0.2) is 15.0 Å². The van der Waals surface area contributed by atoms with Gasteiger partial charge in [0, 0.05) is 13.0 Å². The molecule has 0 bridgehead atoms. The van der Waals surface area contributed by atoms with Crippen molar-refractivity contribution in [3.8, 4) is 12.3 Å². The quantitative estimate of drug-likeness (QED) is 0.614. The van der Waals surface area contributed by atoms with E-state index in [2.05, 4.69) is 20.9 Å². The number of imidazole rings is 1. The number of anilines is 1. The highest BCUT2D eigenvalue weighted by molar-refractivity contribution is 5.80. The van der Waals surface area contributed by atoms with Crippen LogP contribution in [0.4, 0.5) is 5.82 Å². The van der Waals surface area contributed by atoms with Gasteiger partial charge in [-0.15, -0.1) is 12.3 Å². The Morgan fingerprint density at radius 2 is 2.19 bits per heavy atom. The minimum atomic E-state index is 0.423. The third kappa shape index (κ3) is 1.96. The number of hydrogen-bond acceptors (Lipinski definition) is 4. The highest BCUT2D eigenvalue weighted by Gasteiger charge is 2.06. The summed E-state index contributed by atoms with van der Waals surface area (Å²) in [6.07, 6.45) is 11.2. The second kappa shape index (κ2) is 4.62. The van der Waals surface area contributed by atoms with Gasteiger partial charge in [0.15, 0.2) is 11.5 Å². The van der Waals surface area contributed by atoms with Gasteiger partial charge < -0.3 is 10.3 Å². The van der Waals surface area contributed by atoms with Crippen molar-refractivity contribution in [1.82, 2.24) is 19.5 Å². The molecule has 0 saturated heterocycles. The van der Waals surface area contributed by atoms with E-state index in [9.17, 15) is 0 Å². The molecule has 2 rings (SSSR count). The number of unbranched alkanes of at least 4 members (excludes halogenated alkanes) is 2. The average molecular weight is 215 g/mol. The van der Waals surface area contributed by atoms with Gasteiger partial charge in [0.1, 0.15) is 11.8 Å². The van der Waals surface area contributed by atoms with Crippen LogP contribution in [0.15, 0.2) is 12.7 Å². The molecule has 0 fully saturated rings. The molecular weight excluding hydrogens is 202 g/mol. The Labute approximate surface area is 93.7 Å². The fourth-order valence-electron chi connectivity index (χ4n) is 1.57. The number of nitrogen functional groups attached to an aromatic ring is 1. The monoisotopic (exact) mass is 215 g/mol. The summed E-state index contributed by atoms with van der Waals surface area (Å²) in [6.45, 7) is 0.856. The molecule has 0 unspecified atom stereocenters. The van der Waals surface area contributed by atoms with Crippen LogP contribution in [-0.2, 0) is 6.54 Å². The topological polar surface area (TPSA) is 69.6 Å². The Kier molecular flexibility index (Phi) is 3.01. The van der Waals surface area contributed by atoms with Crippen molar-refractivity contribution in [2.75, 3.05) is 5.73 Å². The minimum absolute atomic E-state index is 0.423. The van der Waals surface area contributed by atoms with Gasteiger partial charge in [-0.1, -0.05) is 0 Å². The number of terminal acetylenes is 1. The largest absolute Gasteiger partial charge is 0.382 e. The van der Waals surface area contributed by atoms with Crippen LogP contribution in [0.2, 0.25) is 0 Å². The van der Waals surface area contributed by atoms with Gasteiger partial charge in [-0.2, -0.15) is 0 Å². The van der Waals surface area contributed by atoms with Crippen LogP contribution in [0.1, 0.15) is 19.3 Å². The summed E-state index contributed by atoms with van der Waals surface area (Å²) in [4.78, 5) is 12.3. The first kappa shape index (κ1) is 10.4. The molecule has 2 aromatic rings. The molecule has 2 N–H and O–H groups in total. The van der Waals surface area contributed by atoms with E-state index in [1.54, 1.807) is 6.33 Å². The lowest BCUT2D eigenvalue weighted by Crippen LogP contribution is -1.99. The maximum atomic E-state index is 5.69. The van der Waals surface area contributed by atoms with Crippen molar-refractivity contribution < 1.29 is 0 Å². The van der Waals surface area contributed by atoms with Crippen molar-refractivity contribution >= 4 is 17.0 Å². The molecule has 0 amide bonds. The van der Waals surface area contributed by atoms with Crippen molar-refractivity contribution in [3.63, 3.8) is 0 Å². The Bertz CT molecular complexity index is 523. The number of aromatic nitrogens is 4. The Morgan fingerprint density at radius 3 is 3.00 bits per heavy atom. The first-order valence-corrected chi connectivity index (χ1v) is 5.17. The van der Waals surface area contributed by atoms with E-state index in [0.29, 0.717) is 11.3 Å². The van der Waals surface area contributed by atoms with Gasteiger partial charge in [-0.05, 0) is 12.8 Å². The van der Waals surface area contributed by atoms with Gasteiger partial charge in [0.05, 0.1) is 6.33 Å². The lowest BCUT2D eigenvalue weighted by Gasteiger charge is -2.01. The molecule has 5 nitrogen and oxygen atoms in total. The number of rotatable bonds is 4. The van der Waals surface area contributed by atoms with Gasteiger partial charge in [-0.3, -0.25) is 0 Å². The molecule has 0 atom stereocenters. The number of aryl methyl sites for hydroxylation is 1. The lowest BCUT2D eigenvalue weighted by atomic mass is 10.2. The van der Waals surface area contributed by atoms with Crippen LogP contribution in [0.3, 0.4) is 0 Å². The normalized spacial score (nSPS) is 10.4. The summed E-state index contributed by atoms with van der Waals surface area (Å²) < 4.78 is 1.98. The molecular formula is C11H13N5. The van der Waals surface area contributed by atoms with Crippen LogP contribution in [-0.4, -0.2) is 19.5 Å². The zero-order valence-corrected chi connectivity index (χ0v) is 8.93. The predicted molar refractivity (Wildman–Crippen MR) is 62.4 cm³/mol. The molecule has 0 saturated carbocycles. The van der Waals surface area contributed by atoms with E-state index in [1.807, 2.05) is 4.57 Å². The molecule has 0 aliphatic carbocycles. The van der Waals surface area contributed by atoms with Crippen LogP contribution >= 0.6 is 0 Å². The number of nitrogens with two attached hydrogens (primary N) is 1. The summed E-state index contributed by atoms with van der Waals surface area (Å²) in [7, 11) is 0. The smallest absolute Gasteiger partial charge is 0.165 e. The maximum Gasteiger partial charge on any atom is 0.165 e. The summed E-state index contributed by atoms with van der Waals surface area (Å²) in [5.41, 5.74) is 7.14. The van der Waals surface area contributed by atoms with Crippen LogP contribution in [0.25, 0.3) is 11.2 Å². The fraction of sp³-hybridized carbons (Fsp3) is 0.364. The standard InChI is InChI=1S/C11H13N5/c1-2-3-4-5-6-16-8-15-9-10(12)13-7-14-11(9)16/h1,7-8H,3-6H2,(H2,12,13,14). The van der Waals surface area contributed by atoms with Gasteiger partial charge in [0.2, 0.25) is 0 Å². The highest BCUT2D eigenvalue weighted by Crippen LogP contribution is 2.14. The van der Waals surface area contributed by atoms with E-state index < -0.39 is 0 Å². The average Bonchev–Trinajstić information content (AvgIpc) is 2.70. The van der Waals surface area contributed by atoms with Crippen LogP contribution in [0, 0.1) is 12.3 Å². The second-order valence-electron chi connectivity index (χ2n) is 3.53. The predicted octanol–water partition coefficient (Wildman–Crippen LogP) is 1.21. The molecule has 5 heteroatoms. The van der Waals surface area contributed by atoms with Crippen molar-refractivity contribution in [1.29, 1.82) is 0 Å². The van der Waals surface area contributed by atoms with Crippen LogP contribution < -0.4 is 5.73 Å². The first-order valence-electron chi connectivity index (χ1n) is 5.17. The summed E-state index contributed by atoms with van der Waals surface area (Å²) in [6, 6.07) is 0. The van der Waals surface area contributed by atoms with E-state index in [1.165, 1.54) is 6.33 Å². The number of hydrogen-bond donors (Lipinski definition) is 1. The third-order valence-corrected chi connectivity index (χ3v) is 2.40. The minimum Gasteiger partial charge on any atom is -0.382 e. The molecule has 0 aromatic carbocycles. The molecule has 2 heterocycles. The summed E-state index contributed by atoms with van der Waals surface area (Å²) in [5.74, 6) is 3.05. The molecule has 0 aliphatic rings. The van der Waals surface area contributed by atoms with Crippen molar-refractivity contribution in [2.24, 2.45) is 0 Å². The van der Waals surface area contributed by atoms with Crippen LogP contribution in [0.5, 0.6) is 0 Å². The molecule has 82 valence electrons. The molecule has 16 heavy (non-hydrogen) atoms. The number of nitrogens with zero attached hydrogens (tertiary/aromatic N) is 4. The Morgan fingerprint density at radius 1 is 1.31 bits per heavy atom. The lowest BCUT2D eigenvalue weighted by molar-refractivity contribution is 0.626. The highest BCUT2D eigenvalue weighted by atomic mass is 15.1. The SMILES string of the molecule is C#CCCCCn1cnc2c(N)ncnc21. The second-order valence-corrected chi connectivity index (χ2v) is 3.53. The van der Waals surface area contributed by atoms with Gasteiger partial charge >= 0.3 is 0 Å². The van der Waals surface area contributed by atoms with Gasteiger partial charge in [0.25, 0.3) is 0 Å². The summed E-state index contributed by atoms with van der Waals surface area (Å²) in [5, 5.41) is 0. The summed E-state index contributed by atoms with van der Waals surface area (Å²) >= 11 is 0. The molecule has 0 radical (unpaired) electrons. The fourth-order valence-corrected chi connectivity index (χ4v) is 1.57. The van der Waals surface area contributed by atoms with Crippen molar-refractivity contribution in [3.05, 3.63) is 12.7 Å². The van der Waals surface area contributed by atoms with E-state index in [0.717, 1.165) is 31.5 Å². The number of fused-ring (bicyclic) bond motifs is 1. The zero-order valence-electron chi connectivity index (χ0n) is 8.93. The molecule has 2 aromatic heterocycles. The maximum absolute atomic E-state index is 5.69. The van der Waals surface area contributed by atoms with E-state index in [4.69, 9.17) is 12.2 Å². The molecule has 0 spiro atoms. The Hall–Kier alpha value is -2.09. The van der Waals surface area contributed by atoms with E-state index in [-0.39, 0.29) is 0 Å². The Balaban J connectivity index is 2.14. The molecule has 0 aliphatic heterocycles. The van der Waals surface area contributed by atoms with E-state index >= 15 is 0 Å². The zero-order chi connectivity index (χ0) is 11.4. The third-order valence-electron chi connectivity index (χ3n) is 2.40. The first-order chi connectivity index (χ1) is 7.83.